The van der Waals surface area contributed by atoms with Crippen LogP contribution in [-0.2, 0) is 0 Å². The topological polar surface area (TPSA) is 38.0 Å². The van der Waals surface area contributed by atoms with Gasteiger partial charge in [0.05, 0.1) is 11.4 Å². The molecule has 3 N–H and O–H groups in total. The van der Waals surface area contributed by atoms with Gasteiger partial charge in [-0.3, -0.25) is 0 Å². The van der Waals surface area contributed by atoms with E-state index in [1.807, 2.05) is 18.2 Å². The summed E-state index contributed by atoms with van der Waals surface area (Å²) in [5.41, 5.74) is 7.83. The van der Waals surface area contributed by atoms with Crippen molar-refractivity contribution in [1.82, 2.24) is 0 Å². The fraction of sp³-hybridized carbons (Fsp3) is 0.500. The quantitative estimate of drug-likeness (QED) is 0.795. The van der Waals surface area contributed by atoms with Gasteiger partial charge in [-0.1, -0.05) is 31.4 Å². The predicted molar refractivity (Wildman–Crippen MR) is 75.8 cm³/mol. The Bertz CT molecular complexity index is 299. The summed E-state index contributed by atoms with van der Waals surface area (Å²) in [6.45, 7) is 0. The number of anilines is 2. The van der Waals surface area contributed by atoms with Gasteiger partial charge in [0.2, 0.25) is 0 Å². The van der Waals surface area contributed by atoms with Crippen molar-refractivity contribution in [2.45, 2.75) is 38.1 Å². The third kappa shape index (κ3) is 4.11. The van der Waals surface area contributed by atoms with Gasteiger partial charge >= 0.3 is 0 Å². The Kier molecular flexibility index (Phi) is 7.35. The van der Waals surface area contributed by atoms with Gasteiger partial charge in [-0.25, -0.2) is 0 Å². The first kappa shape index (κ1) is 15.4. The number of nitrogens with one attached hydrogen (secondary N) is 1. The molecule has 0 spiro atoms. The number of rotatable bonds is 2. The van der Waals surface area contributed by atoms with Crippen LogP contribution in [0.2, 0.25) is 0 Å². The van der Waals surface area contributed by atoms with Gasteiger partial charge in [-0.05, 0) is 25.0 Å². The van der Waals surface area contributed by atoms with Crippen LogP contribution in [0, 0.1) is 0 Å². The molecule has 92 valence electrons. The minimum absolute atomic E-state index is 0. The molecular weight excluding hydrogens is 243 g/mol. The van der Waals surface area contributed by atoms with Gasteiger partial charge in [0.25, 0.3) is 0 Å². The predicted octanol–water partition coefficient (Wildman–Crippen LogP) is 3.86. The van der Waals surface area contributed by atoms with E-state index >= 15 is 0 Å². The SMILES string of the molecule is Cl.Cl.Nc1ccccc1NC1CCCCC1. The summed E-state index contributed by atoms with van der Waals surface area (Å²) in [5, 5.41) is 3.52. The molecule has 1 saturated carbocycles. The van der Waals surface area contributed by atoms with E-state index < -0.39 is 0 Å². The van der Waals surface area contributed by atoms with Crippen molar-refractivity contribution in [3.63, 3.8) is 0 Å². The summed E-state index contributed by atoms with van der Waals surface area (Å²) in [5.74, 6) is 0. The monoisotopic (exact) mass is 262 g/mol. The number of para-hydroxylation sites is 2. The number of benzene rings is 1. The Balaban J connectivity index is 0.00000112. The second kappa shape index (κ2) is 7.64. The van der Waals surface area contributed by atoms with E-state index in [-0.39, 0.29) is 24.8 Å². The van der Waals surface area contributed by atoms with Crippen LogP contribution in [0.1, 0.15) is 32.1 Å². The van der Waals surface area contributed by atoms with Crippen molar-refractivity contribution in [3.05, 3.63) is 24.3 Å². The molecule has 2 nitrogen and oxygen atoms in total. The Hall–Kier alpha value is -0.600. The Morgan fingerprint density at radius 3 is 2.25 bits per heavy atom. The van der Waals surface area contributed by atoms with Crippen molar-refractivity contribution in [2.75, 3.05) is 11.1 Å². The molecule has 0 bridgehead atoms. The second-order valence-corrected chi connectivity index (χ2v) is 4.07. The van der Waals surface area contributed by atoms with E-state index in [4.69, 9.17) is 5.73 Å². The lowest BCUT2D eigenvalue weighted by atomic mass is 9.95. The maximum atomic E-state index is 5.88. The molecule has 0 saturated heterocycles. The molecule has 1 aliphatic carbocycles. The molecule has 16 heavy (non-hydrogen) atoms. The molecule has 0 radical (unpaired) electrons. The van der Waals surface area contributed by atoms with Crippen LogP contribution in [0.5, 0.6) is 0 Å². The molecule has 1 aromatic carbocycles. The summed E-state index contributed by atoms with van der Waals surface area (Å²) < 4.78 is 0. The van der Waals surface area contributed by atoms with E-state index in [0.29, 0.717) is 6.04 Å². The van der Waals surface area contributed by atoms with Gasteiger partial charge in [-0.15, -0.1) is 24.8 Å². The molecular formula is C12H20Cl2N2. The van der Waals surface area contributed by atoms with Crippen LogP contribution >= 0.6 is 24.8 Å². The molecule has 1 aliphatic rings. The third-order valence-electron chi connectivity index (χ3n) is 2.93. The zero-order valence-electron chi connectivity index (χ0n) is 9.32. The Morgan fingerprint density at radius 1 is 1.00 bits per heavy atom. The highest BCUT2D eigenvalue weighted by Crippen LogP contribution is 2.24. The number of hydrogen-bond acceptors (Lipinski definition) is 2. The molecule has 1 aromatic rings. The van der Waals surface area contributed by atoms with Crippen molar-refractivity contribution < 1.29 is 0 Å². The van der Waals surface area contributed by atoms with Crippen molar-refractivity contribution in [1.29, 1.82) is 0 Å². The van der Waals surface area contributed by atoms with Crippen molar-refractivity contribution in [2.24, 2.45) is 0 Å². The average molecular weight is 263 g/mol. The molecule has 0 heterocycles. The highest BCUT2D eigenvalue weighted by Gasteiger charge is 2.13. The minimum Gasteiger partial charge on any atom is -0.397 e. The molecule has 0 aliphatic heterocycles. The number of nitrogens with two attached hydrogens (primary N) is 1. The zero-order valence-corrected chi connectivity index (χ0v) is 10.9. The fourth-order valence-electron chi connectivity index (χ4n) is 2.10. The van der Waals surface area contributed by atoms with Crippen LogP contribution in [-0.4, -0.2) is 6.04 Å². The van der Waals surface area contributed by atoms with Crippen LogP contribution in [0.3, 0.4) is 0 Å². The lowest BCUT2D eigenvalue weighted by Crippen LogP contribution is -2.22. The van der Waals surface area contributed by atoms with Crippen molar-refractivity contribution in [3.8, 4) is 0 Å². The van der Waals surface area contributed by atoms with Gasteiger partial charge in [-0.2, -0.15) is 0 Å². The van der Waals surface area contributed by atoms with Crippen LogP contribution in [0.15, 0.2) is 24.3 Å². The Morgan fingerprint density at radius 2 is 1.62 bits per heavy atom. The molecule has 0 aromatic heterocycles. The summed E-state index contributed by atoms with van der Waals surface area (Å²) in [6, 6.07) is 8.64. The van der Waals surface area contributed by atoms with Gasteiger partial charge in [0, 0.05) is 6.04 Å². The van der Waals surface area contributed by atoms with E-state index in [2.05, 4.69) is 11.4 Å². The zero-order chi connectivity index (χ0) is 9.80. The lowest BCUT2D eigenvalue weighted by molar-refractivity contribution is 0.463. The normalized spacial score (nSPS) is 15.8. The first-order chi connectivity index (χ1) is 6.86. The maximum absolute atomic E-state index is 5.88. The molecule has 1 fully saturated rings. The molecule has 0 atom stereocenters. The van der Waals surface area contributed by atoms with E-state index in [1.165, 1.54) is 32.1 Å². The highest BCUT2D eigenvalue weighted by atomic mass is 35.5. The first-order valence-electron chi connectivity index (χ1n) is 5.47. The molecule has 0 amide bonds. The Labute approximate surface area is 110 Å². The van der Waals surface area contributed by atoms with E-state index in [9.17, 15) is 0 Å². The van der Waals surface area contributed by atoms with Crippen LogP contribution in [0.4, 0.5) is 11.4 Å². The smallest absolute Gasteiger partial charge is 0.0576 e. The summed E-state index contributed by atoms with van der Waals surface area (Å²) >= 11 is 0. The van der Waals surface area contributed by atoms with Gasteiger partial charge in [0.1, 0.15) is 0 Å². The molecule has 2 rings (SSSR count). The van der Waals surface area contributed by atoms with Crippen LogP contribution in [0.25, 0.3) is 0 Å². The fourth-order valence-corrected chi connectivity index (χ4v) is 2.10. The largest absolute Gasteiger partial charge is 0.397 e. The number of halogens is 2. The molecule has 0 unspecified atom stereocenters. The number of hydrogen-bond donors (Lipinski definition) is 2. The van der Waals surface area contributed by atoms with E-state index in [1.54, 1.807) is 0 Å². The summed E-state index contributed by atoms with van der Waals surface area (Å²) in [4.78, 5) is 0. The standard InChI is InChI=1S/C12H18N2.2ClH/c13-11-8-4-5-9-12(11)14-10-6-2-1-3-7-10;;/h4-5,8-10,14H,1-3,6-7,13H2;2*1H. The first-order valence-corrected chi connectivity index (χ1v) is 5.47. The average Bonchev–Trinajstić information content (AvgIpc) is 2.23. The summed E-state index contributed by atoms with van der Waals surface area (Å²) in [7, 11) is 0. The van der Waals surface area contributed by atoms with E-state index in [0.717, 1.165) is 11.4 Å². The molecule has 4 heteroatoms. The maximum Gasteiger partial charge on any atom is 0.0576 e. The van der Waals surface area contributed by atoms with Crippen molar-refractivity contribution >= 4 is 36.2 Å². The van der Waals surface area contributed by atoms with Gasteiger partial charge in [0.15, 0.2) is 0 Å². The second-order valence-electron chi connectivity index (χ2n) is 4.07. The number of nitrogen functional groups attached to an aromatic ring is 1. The lowest BCUT2D eigenvalue weighted by Gasteiger charge is -2.24. The van der Waals surface area contributed by atoms with Crippen LogP contribution < -0.4 is 11.1 Å². The third-order valence-corrected chi connectivity index (χ3v) is 2.93. The van der Waals surface area contributed by atoms with Gasteiger partial charge < -0.3 is 11.1 Å². The highest BCUT2D eigenvalue weighted by molar-refractivity contribution is 5.85. The minimum atomic E-state index is 0. The summed E-state index contributed by atoms with van der Waals surface area (Å²) in [6.07, 6.45) is 6.67.